The van der Waals surface area contributed by atoms with Crippen molar-refractivity contribution in [1.29, 1.82) is 0 Å². The molecule has 114 valence electrons. The maximum absolute atomic E-state index is 12.5. The number of amides is 1. The van der Waals surface area contributed by atoms with Crippen LogP contribution in [0.4, 0.5) is 0 Å². The summed E-state index contributed by atoms with van der Waals surface area (Å²) in [5.74, 6) is 0.953. The van der Waals surface area contributed by atoms with Crippen molar-refractivity contribution in [2.24, 2.45) is 10.3 Å². The first kappa shape index (κ1) is 14.3. The van der Waals surface area contributed by atoms with Gasteiger partial charge in [0, 0.05) is 25.8 Å². The van der Waals surface area contributed by atoms with Crippen LogP contribution in [0.1, 0.15) is 19.8 Å². The molecular formula is C14H19N3O3S. The predicted molar refractivity (Wildman–Crippen MR) is 80.1 cm³/mol. The van der Waals surface area contributed by atoms with Crippen LogP contribution < -0.4 is 0 Å². The Balaban J connectivity index is 1.77. The molecule has 2 aliphatic heterocycles. The van der Waals surface area contributed by atoms with E-state index in [4.69, 9.17) is 0 Å². The normalized spacial score (nSPS) is 24.8. The first-order valence-corrected chi connectivity index (χ1v) is 8.75. The lowest BCUT2D eigenvalue weighted by Crippen LogP contribution is -2.40. The van der Waals surface area contributed by atoms with Crippen LogP contribution in [0.25, 0.3) is 0 Å². The van der Waals surface area contributed by atoms with Crippen molar-refractivity contribution in [2.75, 3.05) is 19.3 Å². The standard InChI is InChI=1S/C14H19N3O3S/c1-10(11-3-4-11)16(2)14(18)12-5-6-13-15-21(19,20)8-7-17(13)9-12/h5-6,9-11H,3-4,7-8H2,1-2H3. The summed E-state index contributed by atoms with van der Waals surface area (Å²) in [5.41, 5.74) is 0.572. The number of likely N-dealkylation sites (N-methyl/N-ethyl adjacent to an activating group) is 1. The number of hydrogen-bond acceptors (Lipinski definition) is 4. The van der Waals surface area contributed by atoms with Gasteiger partial charge in [0.05, 0.1) is 11.3 Å². The van der Waals surface area contributed by atoms with E-state index in [9.17, 15) is 13.2 Å². The first-order chi connectivity index (χ1) is 9.87. The van der Waals surface area contributed by atoms with Gasteiger partial charge < -0.3 is 9.80 Å². The van der Waals surface area contributed by atoms with Gasteiger partial charge in [0.25, 0.3) is 15.9 Å². The highest BCUT2D eigenvalue weighted by Crippen LogP contribution is 2.35. The second-order valence-corrected chi connectivity index (χ2v) is 7.60. The van der Waals surface area contributed by atoms with Gasteiger partial charge in [-0.3, -0.25) is 4.79 Å². The van der Waals surface area contributed by atoms with Gasteiger partial charge in [-0.15, -0.1) is 4.40 Å². The summed E-state index contributed by atoms with van der Waals surface area (Å²) >= 11 is 0. The molecule has 21 heavy (non-hydrogen) atoms. The summed E-state index contributed by atoms with van der Waals surface area (Å²) in [5, 5.41) is 0. The van der Waals surface area contributed by atoms with E-state index >= 15 is 0 Å². The van der Waals surface area contributed by atoms with Crippen molar-refractivity contribution in [3.05, 3.63) is 23.9 Å². The molecular weight excluding hydrogens is 290 g/mol. The van der Waals surface area contributed by atoms with Crippen molar-refractivity contribution in [3.8, 4) is 0 Å². The quantitative estimate of drug-likeness (QED) is 0.771. The molecule has 0 bridgehead atoms. The maximum Gasteiger partial charge on any atom is 0.256 e. The van der Waals surface area contributed by atoms with Crippen LogP contribution in [0.3, 0.4) is 0 Å². The van der Waals surface area contributed by atoms with Gasteiger partial charge in [-0.2, -0.15) is 0 Å². The molecule has 0 aromatic rings. The van der Waals surface area contributed by atoms with Gasteiger partial charge in [-0.25, -0.2) is 8.42 Å². The predicted octanol–water partition coefficient (Wildman–Crippen LogP) is 0.741. The van der Waals surface area contributed by atoms with Crippen LogP contribution in [-0.2, 0) is 14.8 Å². The first-order valence-electron chi connectivity index (χ1n) is 7.14. The molecule has 1 amide bonds. The molecule has 6 nitrogen and oxygen atoms in total. The van der Waals surface area contributed by atoms with Crippen LogP contribution in [0, 0.1) is 5.92 Å². The molecule has 7 heteroatoms. The molecule has 0 spiro atoms. The van der Waals surface area contributed by atoms with Crippen molar-refractivity contribution in [3.63, 3.8) is 0 Å². The zero-order chi connectivity index (χ0) is 15.2. The molecule has 2 heterocycles. The highest BCUT2D eigenvalue weighted by molar-refractivity contribution is 7.90. The number of carbonyl (C=O) groups excluding carboxylic acids is 1. The van der Waals surface area contributed by atoms with E-state index < -0.39 is 10.0 Å². The second-order valence-electron chi connectivity index (χ2n) is 5.84. The van der Waals surface area contributed by atoms with Gasteiger partial charge in [0.2, 0.25) is 0 Å². The number of rotatable bonds is 3. The Hall–Kier alpha value is -1.63. The largest absolute Gasteiger partial charge is 0.339 e. The Kier molecular flexibility index (Phi) is 3.39. The lowest BCUT2D eigenvalue weighted by molar-refractivity contribution is -0.127. The minimum Gasteiger partial charge on any atom is -0.339 e. The molecule has 0 aromatic heterocycles. The summed E-state index contributed by atoms with van der Waals surface area (Å²) in [4.78, 5) is 16.0. The third-order valence-corrected chi connectivity index (χ3v) is 5.47. The number of hydrogen-bond donors (Lipinski definition) is 0. The lowest BCUT2D eigenvalue weighted by Gasteiger charge is -2.30. The van der Waals surface area contributed by atoms with E-state index in [2.05, 4.69) is 11.3 Å². The van der Waals surface area contributed by atoms with Gasteiger partial charge >= 0.3 is 0 Å². The lowest BCUT2D eigenvalue weighted by atomic mass is 10.1. The fourth-order valence-electron chi connectivity index (χ4n) is 2.61. The zero-order valence-corrected chi connectivity index (χ0v) is 13.0. The maximum atomic E-state index is 12.5. The number of fused-ring (bicyclic) bond motifs is 1. The Labute approximate surface area is 124 Å². The van der Waals surface area contributed by atoms with E-state index in [1.165, 1.54) is 12.8 Å². The molecule has 0 saturated heterocycles. The van der Waals surface area contributed by atoms with Crippen LogP contribution in [0.15, 0.2) is 28.3 Å². The minimum atomic E-state index is -3.35. The minimum absolute atomic E-state index is 0.0172. The highest BCUT2D eigenvalue weighted by Gasteiger charge is 2.34. The van der Waals surface area contributed by atoms with E-state index in [-0.39, 0.29) is 17.7 Å². The van der Waals surface area contributed by atoms with Crippen molar-refractivity contribution in [1.82, 2.24) is 9.80 Å². The van der Waals surface area contributed by atoms with Crippen molar-refractivity contribution >= 4 is 21.8 Å². The Morgan fingerprint density at radius 2 is 2.14 bits per heavy atom. The van der Waals surface area contributed by atoms with E-state index in [1.807, 2.05) is 7.05 Å². The SMILES string of the molecule is CC(C1CC1)N(C)C(=O)C1=CN2CCS(=O)(=O)N=C2C=C1. The van der Waals surface area contributed by atoms with Crippen LogP contribution in [0.2, 0.25) is 0 Å². The fraction of sp³-hybridized carbons (Fsp3) is 0.571. The summed E-state index contributed by atoms with van der Waals surface area (Å²) < 4.78 is 26.6. The molecule has 0 N–H and O–H groups in total. The number of amidine groups is 1. The van der Waals surface area contributed by atoms with E-state index in [1.54, 1.807) is 28.2 Å². The Morgan fingerprint density at radius 1 is 1.43 bits per heavy atom. The van der Waals surface area contributed by atoms with Crippen LogP contribution >= 0.6 is 0 Å². The molecule has 1 unspecified atom stereocenters. The monoisotopic (exact) mass is 309 g/mol. The number of nitrogens with zero attached hydrogens (tertiary/aromatic N) is 3. The molecule has 1 atom stereocenters. The summed E-state index contributed by atoms with van der Waals surface area (Å²) in [6.45, 7) is 2.41. The highest BCUT2D eigenvalue weighted by atomic mass is 32.2. The summed E-state index contributed by atoms with van der Waals surface area (Å²) in [6.07, 6.45) is 7.32. The van der Waals surface area contributed by atoms with Gasteiger partial charge in [-0.05, 0) is 37.8 Å². The average Bonchev–Trinajstić information content (AvgIpc) is 3.28. The number of sulfonamides is 1. The molecule has 1 saturated carbocycles. The topological polar surface area (TPSA) is 70.1 Å². The summed E-state index contributed by atoms with van der Waals surface area (Å²) in [6, 6.07) is 0.239. The second kappa shape index (κ2) is 4.98. The smallest absolute Gasteiger partial charge is 0.256 e. The van der Waals surface area contributed by atoms with Crippen LogP contribution in [0.5, 0.6) is 0 Å². The van der Waals surface area contributed by atoms with E-state index in [0.717, 1.165) is 0 Å². The summed E-state index contributed by atoms with van der Waals surface area (Å²) in [7, 11) is -1.53. The average molecular weight is 309 g/mol. The van der Waals surface area contributed by atoms with Gasteiger partial charge in [0.1, 0.15) is 5.84 Å². The Bertz CT molecular complexity index is 659. The zero-order valence-electron chi connectivity index (χ0n) is 12.2. The Morgan fingerprint density at radius 3 is 2.81 bits per heavy atom. The molecule has 1 aliphatic carbocycles. The van der Waals surface area contributed by atoms with Crippen molar-refractivity contribution in [2.45, 2.75) is 25.8 Å². The van der Waals surface area contributed by atoms with Gasteiger partial charge in [-0.1, -0.05) is 0 Å². The molecule has 0 radical (unpaired) electrons. The third kappa shape index (κ3) is 2.88. The molecule has 3 rings (SSSR count). The van der Waals surface area contributed by atoms with Gasteiger partial charge in [0.15, 0.2) is 0 Å². The van der Waals surface area contributed by atoms with Crippen molar-refractivity contribution < 1.29 is 13.2 Å². The fourth-order valence-corrected chi connectivity index (χ4v) is 3.58. The number of carbonyl (C=O) groups is 1. The molecule has 3 aliphatic rings. The van der Waals surface area contributed by atoms with Crippen LogP contribution in [-0.4, -0.2) is 55.3 Å². The molecule has 1 fully saturated rings. The third-order valence-electron chi connectivity index (χ3n) is 4.31. The molecule has 0 aromatic carbocycles. The van der Waals surface area contributed by atoms with E-state index in [0.29, 0.717) is 23.9 Å².